The van der Waals surface area contributed by atoms with Gasteiger partial charge in [0.05, 0.1) is 16.6 Å². The van der Waals surface area contributed by atoms with Crippen LogP contribution in [0.1, 0.15) is 6.92 Å². The molecule has 4 rings (SSSR count). The molecule has 0 atom stereocenters. The van der Waals surface area contributed by atoms with E-state index in [4.69, 9.17) is 4.98 Å². The van der Waals surface area contributed by atoms with Crippen molar-refractivity contribution >= 4 is 21.9 Å². The van der Waals surface area contributed by atoms with Gasteiger partial charge in [0.15, 0.2) is 0 Å². The quantitative estimate of drug-likeness (QED) is 0.613. The van der Waals surface area contributed by atoms with Crippen molar-refractivity contribution in [2.24, 2.45) is 0 Å². The number of hydrogen-bond acceptors (Lipinski definition) is 2. The molecule has 2 aromatic carbocycles. The standard InChI is InChI=1S/C18H15N3O/c1-2-21-15-10-9-14-17(13(15)8-11-16(21)22)20-18(19-14)12-6-4-3-5-7-12/h3-11H,2H2,1H3,(H,19,20). The first-order chi connectivity index (χ1) is 10.8. The summed E-state index contributed by atoms with van der Waals surface area (Å²) in [6.45, 7) is 2.63. The maximum Gasteiger partial charge on any atom is 0.251 e. The number of H-pyrrole nitrogens is 1. The first-order valence-electron chi connectivity index (χ1n) is 7.35. The van der Waals surface area contributed by atoms with E-state index in [0.29, 0.717) is 6.54 Å². The van der Waals surface area contributed by atoms with Crippen molar-refractivity contribution in [1.82, 2.24) is 14.5 Å². The van der Waals surface area contributed by atoms with Crippen molar-refractivity contribution in [2.75, 3.05) is 0 Å². The number of aryl methyl sites for hydroxylation is 1. The summed E-state index contributed by atoms with van der Waals surface area (Å²) in [5.41, 5.74) is 3.88. The Kier molecular flexibility index (Phi) is 2.82. The Morgan fingerprint density at radius 3 is 2.64 bits per heavy atom. The minimum Gasteiger partial charge on any atom is -0.338 e. The molecule has 0 bridgehead atoms. The minimum absolute atomic E-state index is 0.0215. The Balaban J connectivity index is 2.05. The summed E-state index contributed by atoms with van der Waals surface area (Å²) >= 11 is 0. The van der Waals surface area contributed by atoms with Gasteiger partial charge in [0, 0.05) is 23.6 Å². The van der Waals surface area contributed by atoms with Gasteiger partial charge in [0.25, 0.3) is 5.56 Å². The molecule has 0 saturated heterocycles. The monoisotopic (exact) mass is 289 g/mol. The maximum atomic E-state index is 12.0. The predicted molar refractivity (Wildman–Crippen MR) is 89.0 cm³/mol. The van der Waals surface area contributed by atoms with Gasteiger partial charge in [-0.25, -0.2) is 4.98 Å². The van der Waals surface area contributed by atoms with Gasteiger partial charge in [-0.05, 0) is 25.1 Å². The number of aromatic nitrogens is 3. The number of benzene rings is 2. The average molecular weight is 289 g/mol. The number of hydrogen-bond donors (Lipinski definition) is 1. The zero-order valence-corrected chi connectivity index (χ0v) is 12.2. The molecular weight excluding hydrogens is 274 g/mol. The summed E-state index contributed by atoms with van der Waals surface area (Å²) in [4.78, 5) is 20.1. The van der Waals surface area contributed by atoms with Crippen molar-refractivity contribution in [1.29, 1.82) is 0 Å². The molecule has 4 nitrogen and oxygen atoms in total. The van der Waals surface area contributed by atoms with Crippen molar-refractivity contribution in [3.8, 4) is 11.4 Å². The zero-order valence-electron chi connectivity index (χ0n) is 12.2. The average Bonchev–Trinajstić information content (AvgIpc) is 3.00. The lowest BCUT2D eigenvalue weighted by Crippen LogP contribution is -2.17. The Labute approximate surface area is 127 Å². The predicted octanol–water partition coefficient (Wildman–Crippen LogP) is 3.56. The first kappa shape index (κ1) is 12.8. The van der Waals surface area contributed by atoms with Crippen molar-refractivity contribution in [2.45, 2.75) is 13.5 Å². The van der Waals surface area contributed by atoms with Gasteiger partial charge in [-0.2, -0.15) is 0 Å². The minimum atomic E-state index is 0.0215. The van der Waals surface area contributed by atoms with Gasteiger partial charge in [-0.1, -0.05) is 30.3 Å². The first-order valence-corrected chi connectivity index (χ1v) is 7.35. The molecule has 1 N–H and O–H groups in total. The maximum absolute atomic E-state index is 12.0. The van der Waals surface area contributed by atoms with E-state index in [1.165, 1.54) is 0 Å². The Morgan fingerprint density at radius 2 is 1.86 bits per heavy atom. The molecule has 0 aliphatic heterocycles. The lowest BCUT2D eigenvalue weighted by molar-refractivity contribution is 0.760. The molecule has 2 heterocycles. The molecular formula is C18H15N3O. The van der Waals surface area contributed by atoms with Gasteiger partial charge in [-0.15, -0.1) is 0 Å². The van der Waals surface area contributed by atoms with E-state index in [1.54, 1.807) is 10.6 Å². The molecule has 22 heavy (non-hydrogen) atoms. The largest absolute Gasteiger partial charge is 0.338 e. The van der Waals surface area contributed by atoms with E-state index < -0.39 is 0 Å². The molecule has 0 radical (unpaired) electrons. The summed E-state index contributed by atoms with van der Waals surface area (Å²) in [6, 6.07) is 17.5. The van der Waals surface area contributed by atoms with Crippen LogP contribution in [0.3, 0.4) is 0 Å². The van der Waals surface area contributed by atoms with Crippen LogP contribution in [0.2, 0.25) is 0 Å². The molecule has 0 spiro atoms. The number of nitrogens with one attached hydrogen (secondary N) is 1. The van der Waals surface area contributed by atoms with Crippen LogP contribution in [0.5, 0.6) is 0 Å². The van der Waals surface area contributed by atoms with Gasteiger partial charge in [0.1, 0.15) is 5.82 Å². The van der Waals surface area contributed by atoms with Crippen molar-refractivity contribution in [3.63, 3.8) is 0 Å². The Hall–Kier alpha value is -2.88. The third-order valence-corrected chi connectivity index (χ3v) is 3.98. The van der Waals surface area contributed by atoms with Crippen LogP contribution in [-0.4, -0.2) is 14.5 Å². The number of rotatable bonds is 2. The molecule has 0 aliphatic carbocycles. The summed E-state index contributed by atoms with van der Waals surface area (Å²) < 4.78 is 1.77. The lowest BCUT2D eigenvalue weighted by Gasteiger charge is -2.07. The summed E-state index contributed by atoms with van der Waals surface area (Å²) in [6.07, 6.45) is 0. The van der Waals surface area contributed by atoms with E-state index in [9.17, 15) is 4.79 Å². The third-order valence-electron chi connectivity index (χ3n) is 3.98. The van der Waals surface area contributed by atoms with Gasteiger partial charge >= 0.3 is 0 Å². The van der Waals surface area contributed by atoms with E-state index >= 15 is 0 Å². The van der Waals surface area contributed by atoms with Crippen molar-refractivity contribution in [3.05, 3.63) is 65.0 Å². The second-order valence-corrected chi connectivity index (χ2v) is 5.26. The van der Waals surface area contributed by atoms with Crippen molar-refractivity contribution < 1.29 is 0 Å². The number of nitrogens with zero attached hydrogens (tertiary/aromatic N) is 2. The van der Waals surface area contributed by atoms with Gasteiger partial charge in [-0.3, -0.25) is 4.79 Å². The fourth-order valence-corrected chi connectivity index (χ4v) is 2.91. The van der Waals surface area contributed by atoms with E-state index in [-0.39, 0.29) is 5.56 Å². The smallest absolute Gasteiger partial charge is 0.251 e. The van der Waals surface area contributed by atoms with Gasteiger partial charge in [0.2, 0.25) is 0 Å². The highest BCUT2D eigenvalue weighted by Crippen LogP contribution is 2.26. The molecule has 0 fully saturated rings. The third kappa shape index (κ3) is 1.84. The number of fused-ring (bicyclic) bond motifs is 3. The topological polar surface area (TPSA) is 50.7 Å². The molecule has 108 valence electrons. The van der Waals surface area contributed by atoms with Crippen LogP contribution in [0, 0.1) is 0 Å². The highest BCUT2D eigenvalue weighted by atomic mass is 16.1. The normalized spacial score (nSPS) is 11.3. The fraction of sp³-hybridized carbons (Fsp3) is 0.111. The summed E-state index contributed by atoms with van der Waals surface area (Å²) in [5, 5.41) is 0.998. The van der Waals surface area contributed by atoms with E-state index in [0.717, 1.165) is 33.3 Å². The summed E-state index contributed by atoms with van der Waals surface area (Å²) in [7, 11) is 0. The number of pyridine rings is 1. The van der Waals surface area contributed by atoms with E-state index in [1.807, 2.05) is 55.5 Å². The zero-order chi connectivity index (χ0) is 15.1. The van der Waals surface area contributed by atoms with Crippen LogP contribution < -0.4 is 5.56 Å². The SMILES string of the molecule is CCn1c(=O)ccc2c3nc(-c4ccccc4)[nH]c3ccc21. The molecule has 2 aromatic heterocycles. The Morgan fingerprint density at radius 1 is 1.05 bits per heavy atom. The second kappa shape index (κ2) is 4.84. The molecule has 4 aromatic rings. The molecule has 0 aliphatic rings. The lowest BCUT2D eigenvalue weighted by atomic mass is 10.2. The number of imidazole rings is 1. The highest BCUT2D eigenvalue weighted by molar-refractivity contribution is 6.03. The molecule has 4 heteroatoms. The fourth-order valence-electron chi connectivity index (χ4n) is 2.91. The summed E-state index contributed by atoms with van der Waals surface area (Å²) in [5.74, 6) is 0.845. The van der Waals surface area contributed by atoms with Crippen LogP contribution in [0.15, 0.2) is 59.4 Å². The van der Waals surface area contributed by atoms with Gasteiger partial charge < -0.3 is 9.55 Å². The number of aromatic amines is 1. The Bertz CT molecular complexity index is 1030. The highest BCUT2D eigenvalue weighted by Gasteiger charge is 2.10. The van der Waals surface area contributed by atoms with Crippen LogP contribution in [0.25, 0.3) is 33.3 Å². The van der Waals surface area contributed by atoms with Crippen LogP contribution in [-0.2, 0) is 6.54 Å². The molecule has 0 saturated carbocycles. The molecule has 0 amide bonds. The van der Waals surface area contributed by atoms with Crippen LogP contribution >= 0.6 is 0 Å². The molecule has 0 unspecified atom stereocenters. The van der Waals surface area contributed by atoms with E-state index in [2.05, 4.69) is 4.98 Å². The van der Waals surface area contributed by atoms with Crippen LogP contribution in [0.4, 0.5) is 0 Å². The second-order valence-electron chi connectivity index (χ2n) is 5.26.